The molecular formula is C14H23ClN2O2. The van der Waals surface area contributed by atoms with Gasteiger partial charge in [0.2, 0.25) is 11.8 Å². The van der Waals surface area contributed by atoms with Crippen LogP contribution in [-0.4, -0.2) is 53.2 Å². The highest BCUT2D eigenvalue weighted by Crippen LogP contribution is 2.22. The van der Waals surface area contributed by atoms with Crippen LogP contribution in [0.5, 0.6) is 0 Å². The maximum Gasteiger partial charge on any atom is 0.240 e. The first-order valence-electron chi connectivity index (χ1n) is 7.31. The van der Waals surface area contributed by atoms with Crippen molar-refractivity contribution in [1.82, 2.24) is 9.80 Å². The summed E-state index contributed by atoms with van der Waals surface area (Å²) in [7, 11) is 0. The Kier molecular flexibility index (Phi) is 5.08. The third-order valence-electron chi connectivity index (χ3n) is 4.16. The van der Waals surface area contributed by atoms with Crippen molar-refractivity contribution in [2.45, 2.75) is 44.4 Å². The van der Waals surface area contributed by atoms with E-state index in [9.17, 15) is 9.59 Å². The van der Waals surface area contributed by atoms with Gasteiger partial charge in [0.15, 0.2) is 0 Å². The Labute approximate surface area is 120 Å². The number of carbonyl (C=O) groups excluding carboxylic acids is 2. The van der Waals surface area contributed by atoms with Crippen LogP contribution in [0.4, 0.5) is 0 Å². The summed E-state index contributed by atoms with van der Waals surface area (Å²) in [5.41, 5.74) is 0. The average Bonchev–Trinajstić information content (AvgIpc) is 2.46. The van der Waals surface area contributed by atoms with Crippen LogP contribution < -0.4 is 0 Å². The van der Waals surface area contributed by atoms with Crippen molar-refractivity contribution >= 4 is 23.4 Å². The van der Waals surface area contributed by atoms with E-state index in [1.165, 1.54) is 6.42 Å². The first-order valence-corrected chi connectivity index (χ1v) is 7.75. The number of alkyl halides is 1. The molecule has 0 N–H and O–H groups in total. The van der Waals surface area contributed by atoms with Gasteiger partial charge in [-0.3, -0.25) is 9.59 Å². The summed E-state index contributed by atoms with van der Waals surface area (Å²) in [6.45, 7) is 4.86. The molecule has 0 radical (unpaired) electrons. The number of hydrogen-bond acceptors (Lipinski definition) is 2. The van der Waals surface area contributed by atoms with Gasteiger partial charge < -0.3 is 9.80 Å². The van der Waals surface area contributed by atoms with Gasteiger partial charge in [0, 0.05) is 32.1 Å². The Bertz CT molecular complexity index is 332. The molecule has 19 heavy (non-hydrogen) atoms. The van der Waals surface area contributed by atoms with E-state index in [2.05, 4.69) is 0 Å². The summed E-state index contributed by atoms with van der Waals surface area (Å²) >= 11 is 5.82. The fraction of sp³-hybridized carbons (Fsp3) is 0.857. The van der Waals surface area contributed by atoms with Crippen LogP contribution in [0.25, 0.3) is 0 Å². The van der Waals surface area contributed by atoms with Gasteiger partial charge in [-0.2, -0.15) is 0 Å². The predicted molar refractivity (Wildman–Crippen MR) is 75.1 cm³/mol. The molecule has 1 atom stereocenters. The molecule has 0 aliphatic carbocycles. The van der Waals surface area contributed by atoms with Gasteiger partial charge in [0.1, 0.15) is 5.38 Å². The first-order chi connectivity index (χ1) is 9.09. The smallest absolute Gasteiger partial charge is 0.240 e. The normalized spacial score (nSPS) is 23.3. The largest absolute Gasteiger partial charge is 0.342 e. The van der Waals surface area contributed by atoms with Crippen LogP contribution >= 0.6 is 11.6 Å². The van der Waals surface area contributed by atoms with Gasteiger partial charge in [0.05, 0.1) is 0 Å². The molecule has 0 saturated carbocycles. The highest BCUT2D eigenvalue weighted by atomic mass is 35.5. The standard InChI is InChI=1S/C14H23ClN2O2/c1-11(15)13(18)17-9-5-12(6-10-17)14(19)16-7-3-2-4-8-16/h11-12H,2-10H2,1H3. The fourth-order valence-corrected chi connectivity index (χ4v) is 3.11. The zero-order valence-corrected chi connectivity index (χ0v) is 12.4. The highest BCUT2D eigenvalue weighted by molar-refractivity contribution is 6.30. The van der Waals surface area contributed by atoms with Crippen LogP contribution in [0.1, 0.15) is 39.0 Å². The predicted octanol–water partition coefficient (Wildman–Crippen LogP) is 1.86. The fourth-order valence-electron chi connectivity index (χ4n) is 2.97. The minimum atomic E-state index is -0.464. The SMILES string of the molecule is CC(Cl)C(=O)N1CCC(C(=O)N2CCCCC2)CC1. The molecule has 0 bridgehead atoms. The molecule has 108 valence electrons. The second kappa shape index (κ2) is 6.60. The maximum atomic E-state index is 12.4. The van der Waals surface area contributed by atoms with Gasteiger partial charge in [0.25, 0.3) is 0 Å². The van der Waals surface area contributed by atoms with Gasteiger partial charge in [-0.15, -0.1) is 11.6 Å². The molecule has 0 aromatic heterocycles. The lowest BCUT2D eigenvalue weighted by Gasteiger charge is -2.36. The van der Waals surface area contributed by atoms with Crippen LogP contribution in [0.3, 0.4) is 0 Å². The Hall–Kier alpha value is -0.770. The molecule has 4 nitrogen and oxygen atoms in total. The molecule has 2 aliphatic rings. The Balaban J connectivity index is 1.82. The van der Waals surface area contributed by atoms with Gasteiger partial charge in [-0.25, -0.2) is 0 Å². The zero-order valence-electron chi connectivity index (χ0n) is 11.6. The van der Waals surface area contributed by atoms with Gasteiger partial charge in [-0.05, 0) is 39.0 Å². The van der Waals surface area contributed by atoms with E-state index in [1.807, 2.05) is 4.90 Å². The Morgan fingerprint density at radius 3 is 2.11 bits per heavy atom. The van der Waals surface area contributed by atoms with E-state index >= 15 is 0 Å². The third kappa shape index (κ3) is 3.62. The van der Waals surface area contributed by atoms with E-state index in [-0.39, 0.29) is 11.8 Å². The van der Waals surface area contributed by atoms with Crippen molar-refractivity contribution < 1.29 is 9.59 Å². The summed E-state index contributed by atoms with van der Waals surface area (Å²) in [5.74, 6) is 0.393. The van der Waals surface area contributed by atoms with Gasteiger partial charge >= 0.3 is 0 Å². The number of amides is 2. The van der Waals surface area contributed by atoms with Crippen LogP contribution in [-0.2, 0) is 9.59 Å². The van der Waals surface area contributed by atoms with E-state index < -0.39 is 5.38 Å². The van der Waals surface area contributed by atoms with Crippen molar-refractivity contribution in [1.29, 1.82) is 0 Å². The molecule has 2 aliphatic heterocycles. The molecule has 2 saturated heterocycles. The van der Waals surface area contributed by atoms with Crippen LogP contribution in [0, 0.1) is 5.92 Å². The van der Waals surface area contributed by atoms with Crippen molar-refractivity contribution in [3.05, 3.63) is 0 Å². The molecule has 2 rings (SSSR count). The number of halogens is 1. The minimum Gasteiger partial charge on any atom is -0.342 e. The van der Waals surface area contributed by atoms with Crippen LogP contribution in [0.2, 0.25) is 0 Å². The second-order valence-corrected chi connectivity index (χ2v) is 6.26. The summed E-state index contributed by atoms with van der Waals surface area (Å²) in [6, 6.07) is 0. The number of nitrogens with zero attached hydrogens (tertiary/aromatic N) is 2. The van der Waals surface area contributed by atoms with Gasteiger partial charge in [-0.1, -0.05) is 0 Å². The Morgan fingerprint density at radius 2 is 1.58 bits per heavy atom. The molecule has 2 amide bonds. The molecule has 0 aromatic carbocycles. The minimum absolute atomic E-state index is 0.00876. The lowest BCUT2D eigenvalue weighted by atomic mass is 9.94. The van der Waals surface area contributed by atoms with Crippen molar-refractivity contribution in [3.8, 4) is 0 Å². The highest BCUT2D eigenvalue weighted by Gasteiger charge is 2.31. The maximum absolute atomic E-state index is 12.4. The van der Waals surface area contributed by atoms with E-state index in [4.69, 9.17) is 11.6 Å². The molecule has 5 heteroatoms. The average molecular weight is 287 g/mol. The zero-order chi connectivity index (χ0) is 13.8. The second-order valence-electron chi connectivity index (χ2n) is 5.60. The quantitative estimate of drug-likeness (QED) is 0.727. The number of rotatable bonds is 2. The van der Waals surface area contributed by atoms with Crippen LogP contribution in [0.15, 0.2) is 0 Å². The molecule has 0 spiro atoms. The molecule has 2 heterocycles. The van der Waals surface area contributed by atoms with E-state index in [1.54, 1.807) is 11.8 Å². The number of hydrogen-bond donors (Lipinski definition) is 0. The molecular weight excluding hydrogens is 264 g/mol. The topological polar surface area (TPSA) is 40.6 Å². The number of carbonyl (C=O) groups is 2. The monoisotopic (exact) mass is 286 g/mol. The van der Waals surface area contributed by atoms with E-state index in [0.717, 1.165) is 38.8 Å². The van der Waals surface area contributed by atoms with Crippen molar-refractivity contribution in [3.63, 3.8) is 0 Å². The molecule has 0 aromatic rings. The first kappa shape index (κ1) is 14.6. The lowest BCUT2D eigenvalue weighted by Crippen LogP contribution is -2.47. The van der Waals surface area contributed by atoms with Crippen molar-refractivity contribution in [2.75, 3.05) is 26.2 Å². The lowest BCUT2D eigenvalue weighted by molar-refractivity contribution is -0.141. The summed E-state index contributed by atoms with van der Waals surface area (Å²) in [5, 5.41) is -0.464. The summed E-state index contributed by atoms with van der Waals surface area (Å²) in [6.07, 6.45) is 5.07. The third-order valence-corrected chi connectivity index (χ3v) is 4.35. The molecule has 2 fully saturated rings. The molecule has 1 unspecified atom stereocenters. The van der Waals surface area contributed by atoms with E-state index in [0.29, 0.717) is 19.0 Å². The van der Waals surface area contributed by atoms with Crippen molar-refractivity contribution in [2.24, 2.45) is 5.92 Å². The Morgan fingerprint density at radius 1 is 1.00 bits per heavy atom. The summed E-state index contributed by atoms with van der Waals surface area (Å²) in [4.78, 5) is 27.9. The number of piperidine rings is 2. The number of likely N-dealkylation sites (tertiary alicyclic amines) is 2. The summed E-state index contributed by atoms with van der Waals surface area (Å²) < 4.78 is 0.